The van der Waals surface area contributed by atoms with Crippen molar-refractivity contribution >= 4 is 11.8 Å². The molecule has 1 N–H and O–H groups in total. The first-order valence-corrected chi connectivity index (χ1v) is 9.59. The molecule has 0 bridgehead atoms. The van der Waals surface area contributed by atoms with Gasteiger partial charge in [-0.1, -0.05) is 66.6 Å². The number of carbonyl (C=O) groups excluding carboxylic acids is 2. The van der Waals surface area contributed by atoms with Crippen LogP contribution in [0.4, 0.5) is 0 Å². The van der Waals surface area contributed by atoms with E-state index in [1.54, 1.807) is 11.8 Å². The molecule has 2 aromatic rings. The summed E-state index contributed by atoms with van der Waals surface area (Å²) in [6, 6.07) is 15.5. The molecule has 0 aliphatic carbocycles. The summed E-state index contributed by atoms with van der Waals surface area (Å²) in [5.41, 5.74) is 4.26. The summed E-state index contributed by atoms with van der Waals surface area (Å²) in [5, 5.41) is 2.90. The third-order valence-electron chi connectivity index (χ3n) is 4.59. The Kier molecular flexibility index (Phi) is 7.59. The van der Waals surface area contributed by atoms with Gasteiger partial charge in [-0.25, -0.2) is 0 Å². The number of nitrogens with zero attached hydrogens (tertiary/aromatic N) is 1. The van der Waals surface area contributed by atoms with E-state index < -0.39 is 6.04 Å². The average Bonchev–Trinajstić information content (AvgIpc) is 2.63. The van der Waals surface area contributed by atoms with E-state index in [-0.39, 0.29) is 11.8 Å². The maximum Gasteiger partial charge on any atom is 0.242 e. The Morgan fingerprint density at radius 2 is 1.59 bits per heavy atom. The summed E-state index contributed by atoms with van der Waals surface area (Å²) in [5.74, 6) is -0.150. The molecule has 2 amide bonds. The number of rotatable bonds is 8. The van der Waals surface area contributed by atoms with Gasteiger partial charge in [0.15, 0.2) is 0 Å². The van der Waals surface area contributed by atoms with Gasteiger partial charge in [0.25, 0.3) is 0 Å². The van der Waals surface area contributed by atoms with Crippen LogP contribution >= 0.6 is 0 Å². The fraction of sp³-hybridized carbons (Fsp3) is 0.391. The molecule has 2 rings (SSSR count). The van der Waals surface area contributed by atoms with Gasteiger partial charge in [-0.05, 0) is 38.3 Å². The molecule has 4 nitrogen and oxygen atoms in total. The third-order valence-corrected chi connectivity index (χ3v) is 4.59. The number of benzene rings is 2. The summed E-state index contributed by atoms with van der Waals surface area (Å²) in [6.45, 7) is 8.90. The maximum atomic E-state index is 13.1. The molecule has 0 saturated heterocycles. The van der Waals surface area contributed by atoms with Crippen LogP contribution in [0.3, 0.4) is 0 Å². The van der Waals surface area contributed by atoms with E-state index in [1.165, 1.54) is 0 Å². The summed E-state index contributed by atoms with van der Waals surface area (Å²) in [6.07, 6.45) is 1.16. The number of hydrogen-bond donors (Lipinski definition) is 1. The van der Waals surface area contributed by atoms with Crippen molar-refractivity contribution in [2.75, 3.05) is 6.54 Å². The maximum absolute atomic E-state index is 13.1. The predicted molar refractivity (Wildman–Crippen MR) is 109 cm³/mol. The Morgan fingerprint density at radius 3 is 2.19 bits per heavy atom. The molecule has 0 spiro atoms. The van der Waals surface area contributed by atoms with Crippen molar-refractivity contribution in [2.45, 2.75) is 53.1 Å². The number of aryl methyl sites for hydroxylation is 2. The molecule has 0 aliphatic heterocycles. The second-order valence-corrected chi connectivity index (χ2v) is 7.14. The van der Waals surface area contributed by atoms with E-state index in [4.69, 9.17) is 0 Å². The molecule has 27 heavy (non-hydrogen) atoms. The minimum Gasteiger partial charge on any atom is -0.354 e. The monoisotopic (exact) mass is 366 g/mol. The lowest BCUT2D eigenvalue weighted by molar-refractivity contribution is -0.140. The zero-order valence-electron chi connectivity index (χ0n) is 16.8. The molecule has 1 unspecified atom stereocenters. The SMILES string of the molecule is CCCNC(=O)C(C)N(Cc1cccc(C)c1)C(=O)Cc1cccc(C)c1. The molecule has 0 radical (unpaired) electrons. The number of nitrogens with one attached hydrogen (secondary N) is 1. The topological polar surface area (TPSA) is 49.4 Å². The quantitative estimate of drug-likeness (QED) is 0.773. The zero-order valence-corrected chi connectivity index (χ0v) is 16.8. The fourth-order valence-electron chi connectivity index (χ4n) is 3.08. The number of carbonyl (C=O) groups is 2. The zero-order chi connectivity index (χ0) is 19.8. The van der Waals surface area contributed by atoms with Crippen molar-refractivity contribution in [1.82, 2.24) is 10.2 Å². The van der Waals surface area contributed by atoms with Crippen molar-refractivity contribution in [3.63, 3.8) is 0 Å². The molecule has 0 heterocycles. The Morgan fingerprint density at radius 1 is 1.00 bits per heavy atom. The Bertz CT molecular complexity index is 785. The first kappa shape index (κ1) is 20.7. The van der Waals surface area contributed by atoms with Gasteiger partial charge in [0, 0.05) is 13.1 Å². The van der Waals surface area contributed by atoms with Crippen LogP contribution in [0.1, 0.15) is 42.5 Å². The Hall–Kier alpha value is -2.62. The van der Waals surface area contributed by atoms with Gasteiger partial charge in [-0.3, -0.25) is 9.59 Å². The minimum atomic E-state index is -0.519. The highest BCUT2D eigenvalue weighted by Crippen LogP contribution is 2.14. The molecule has 0 fully saturated rings. The molecule has 1 atom stereocenters. The summed E-state index contributed by atoms with van der Waals surface area (Å²) in [4.78, 5) is 27.3. The first-order valence-electron chi connectivity index (χ1n) is 9.59. The van der Waals surface area contributed by atoms with E-state index in [9.17, 15) is 9.59 Å². The molecular formula is C23H30N2O2. The summed E-state index contributed by atoms with van der Waals surface area (Å²) < 4.78 is 0. The van der Waals surface area contributed by atoms with Crippen LogP contribution in [0, 0.1) is 13.8 Å². The molecule has 2 aromatic carbocycles. The third kappa shape index (κ3) is 6.24. The van der Waals surface area contributed by atoms with Crippen molar-refractivity contribution in [1.29, 1.82) is 0 Å². The fourth-order valence-corrected chi connectivity index (χ4v) is 3.08. The van der Waals surface area contributed by atoms with Gasteiger partial charge in [-0.15, -0.1) is 0 Å². The van der Waals surface area contributed by atoms with Crippen LogP contribution < -0.4 is 5.32 Å². The highest BCUT2D eigenvalue weighted by Gasteiger charge is 2.26. The van der Waals surface area contributed by atoms with Gasteiger partial charge >= 0.3 is 0 Å². The molecule has 4 heteroatoms. The number of amides is 2. The molecule has 0 saturated carbocycles. The minimum absolute atomic E-state index is 0.0405. The largest absolute Gasteiger partial charge is 0.354 e. The van der Waals surface area contributed by atoms with Gasteiger partial charge in [-0.2, -0.15) is 0 Å². The van der Waals surface area contributed by atoms with Gasteiger partial charge < -0.3 is 10.2 Å². The van der Waals surface area contributed by atoms with Crippen LogP contribution in [0.25, 0.3) is 0 Å². The summed E-state index contributed by atoms with van der Waals surface area (Å²) >= 11 is 0. The normalized spacial score (nSPS) is 11.7. The highest BCUT2D eigenvalue weighted by molar-refractivity contribution is 5.88. The van der Waals surface area contributed by atoms with E-state index in [1.807, 2.05) is 63.2 Å². The standard InChI is InChI=1S/C23H30N2O2/c1-5-12-24-23(27)19(4)25(16-21-11-7-9-18(3)14-21)22(26)15-20-10-6-8-17(2)13-20/h6-11,13-14,19H,5,12,15-16H2,1-4H3,(H,24,27). The van der Waals surface area contributed by atoms with Crippen LogP contribution in [-0.2, 0) is 22.6 Å². The molecular weight excluding hydrogens is 336 g/mol. The highest BCUT2D eigenvalue weighted by atomic mass is 16.2. The van der Waals surface area contributed by atoms with Crippen molar-refractivity contribution in [3.8, 4) is 0 Å². The van der Waals surface area contributed by atoms with Crippen LogP contribution in [0.2, 0.25) is 0 Å². The van der Waals surface area contributed by atoms with Gasteiger partial charge in [0.2, 0.25) is 11.8 Å². The average molecular weight is 367 g/mol. The Balaban J connectivity index is 2.21. The van der Waals surface area contributed by atoms with Crippen molar-refractivity contribution < 1.29 is 9.59 Å². The lowest BCUT2D eigenvalue weighted by Gasteiger charge is -2.29. The van der Waals surface area contributed by atoms with E-state index >= 15 is 0 Å². The van der Waals surface area contributed by atoms with Gasteiger partial charge in [0.1, 0.15) is 6.04 Å². The molecule has 0 aromatic heterocycles. The van der Waals surface area contributed by atoms with E-state index in [2.05, 4.69) is 11.4 Å². The van der Waals surface area contributed by atoms with E-state index in [0.29, 0.717) is 19.5 Å². The summed E-state index contributed by atoms with van der Waals surface area (Å²) in [7, 11) is 0. The second-order valence-electron chi connectivity index (χ2n) is 7.14. The molecule has 0 aliphatic rings. The lowest BCUT2D eigenvalue weighted by Crippen LogP contribution is -2.48. The van der Waals surface area contributed by atoms with Gasteiger partial charge in [0.05, 0.1) is 6.42 Å². The predicted octanol–water partition coefficient (Wildman–Crippen LogP) is 3.79. The smallest absolute Gasteiger partial charge is 0.242 e. The van der Waals surface area contributed by atoms with Crippen molar-refractivity contribution in [3.05, 3.63) is 70.8 Å². The number of hydrogen-bond acceptors (Lipinski definition) is 2. The van der Waals surface area contributed by atoms with Crippen molar-refractivity contribution in [2.24, 2.45) is 0 Å². The van der Waals surface area contributed by atoms with E-state index in [0.717, 1.165) is 28.7 Å². The van der Waals surface area contributed by atoms with Crippen LogP contribution in [0.5, 0.6) is 0 Å². The molecule has 144 valence electrons. The first-order chi connectivity index (χ1) is 12.9. The van der Waals surface area contributed by atoms with Crippen LogP contribution in [-0.4, -0.2) is 29.3 Å². The van der Waals surface area contributed by atoms with Crippen LogP contribution in [0.15, 0.2) is 48.5 Å². The Labute approximate surface area is 162 Å². The second kappa shape index (κ2) is 9.91. The lowest BCUT2D eigenvalue weighted by atomic mass is 10.1.